The standard InChI is InChI=1S/C76H60N2/c1-75(2)67-40-21-18-37-59(67)64-46-58(43-44-68(64)75)78(57-35-16-7-17-36-57)73-49-71-65(47-62(73)52-27-10-4-11-28-52)60-38-19-22-41-69(60)76(71)70-42-23-20-39-61(70)66-48-63(54-30-24-29-53(45-54)51-25-8-3-9-26-51)74(50-72(66)76)77(55-31-12-5-13-32-55)56-33-14-6-15-34-56/h4-7,10-24,27-51H,3,8-9,25-26H2,1-2H3. The Balaban J connectivity index is 1.04. The van der Waals surface area contributed by atoms with Crippen molar-refractivity contribution in [2.24, 2.45) is 0 Å². The molecule has 0 amide bonds. The van der Waals surface area contributed by atoms with Gasteiger partial charge in [0, 0.05) is 39.3 Å². The molecule has 1 fully saturated rings. The lowest BCUT2D eigenvalue weighted by Crippen LogP contribution is -2.27. The topological polar surface area (TPSA) is 6.48 Å². The van der Waals surface area contributed by atoms with Gasteiger partial charge in [-0.1, -0.05) is 221 Å². The molecule has 15 rings (SSSR count). The average molecular weight is 1000 g/mol. The zero-order chi connectivity index (χ0) is 52.0. The number of hydrogen-bond donors (Lipinski definition) is 0. The molecule has 1 spiro atoms. The molecule has 11 aromatic carbocycles. The predicted molar refractivity (Wildman–Crippen MR) is 326 cm³/mol. The Labute approximate surface area is 459 Å². The molecule has 0 saturated heterocycles. The van der Waals surface area contributed by atoms with Gasteiger partial charge in [0.25, 0.3) is 0 Å². The molecule has 2 nitrogen and oxygen atoms in total. The van der Waals surface area contributed by atoms with E-state index < -0.39 is 5.41 Å². The minimum absolute atomic E-state index is 0.111. The van der Waals surface area contributed by atoms with Crippen molar-refractivity contribution >= 4 is 34.1 Å². The Bertz CT molecular complexity index is 4060. The van der Waals surface area contributed by atoms with E-state index in [4.69, 9.17) is 0 Å². The Morgan fingerprint density at radius 2 is 0.718 bits per heavy atom. The number of para-hydroxylation sites is 3. The maximum absolute atomic E-state index is 2.60. The van der Waals surface area contributed by atoms with E-state index >= 15 is 0 Å². The van der Waals surface area contributed by atoms with Crippen molar-refractivity contribution in [1.29, 1.82) is 0 Å². The molecule has 1 unspecified atom stereocenters. The molecule has 4 aliphatic rings. The number of benzene rings is 11. The summed E-state index contributed by atoms with van der Waals surface area (Å²) in [6.45, 7) is 4.74. The van der Waals surface area contributed by atoms with Crippen LogP contribution in [0.25, 0.3) is 55.6 Å². The highest BCUT2D eigenvalue weighted by Crippen LogP contribution is 2.66. The summed E-state index contributed by atoms with van der Waals surface area (Å²) in [7, 11) is 0. The van der Waals surface area contributed by atoms with E-state index in [1.165, 1.54) is 132 Å². The second-order valence-electron chi connectivity index (χ2n) is 22.6. The fraction of sp³-hybridized carbons (Fsp3) is 0.132. The van der Waals surface area contributed by atoms with Gasteiger partial charge in [-0.05, 0) is 175 Å². The minimum Gasteiger partial charge on any atom is -0.310 e. The third-order valence-electron chi connectivity index (χ3n) is 18.0. The molecule has 0 radical (unpaired) electrons. The molecular formula is C76H60N2. The summed E-state index contributed by atoms with van der Waals surface area (Å²) in [6.07, 6.45) is 6.44. The number of fused-ring (bicyclic) bond motifs is 13. The van der Waals surface area contributed by atoms with Gasteiger partial charge in [0.1, 0.15) is 0 Å². The molecule has 1 atom stereocenters. The highest BCUT2D eigenvalue weighted by Gasteiger charge is 2.53. The number of rotatable bonds is 9. The van der Waals surface area contributed by atoms with Crippen molar-refractivity contribution in [3.8, 4) is 55.6 Å². The molecule has 2 heteroatoms. The van der Waals surface area contributed by atoms with Crippen molar-refractivity contribution in [3.63, 3.8) is 0 Å². The van der Waals surface area contributed by atoms with Crippen LogP contribution in [-0.2, 0) is 10.8 Å². The Morgan fingerprint density at radius 1 is 0.295 bits per heavy atom. The van der Waals surface area contributed by atoms with Gasteiger partial charge in [-0.25, -0.2) is 0 Å². The van der Waals surface area contributed by atoms with Crippen LogP contribution in [0.15, 0.2) is 261 Å². The summed E-state index contributed by atoms with van der Waals surface area (Å²) in [4.78, 5) is 5.05. The SMILES string of the molecule is CC1(C)c2ccccc2-c2cc(N(c3ccccc3)c3cc4c(cc3-c3ccccc3)-c3ccccc3C43c4ccccc4-c4cc(-c5cccc(C6CCCCC6)c5)c(N(c5ccccc5)c5ccccc5)cc43)ccc21. The van der Waals surface area contributed by atoms with E-state index in [0.29, 0.717) is 5.92 Å². The van der Waals surface area contributed by atoms with E-state index in [0.717, 1.165) is 28.4 Å². The van der Waals surface area contributed by atoms with Gasteiger partial charge in [0.2, 0.25) is 0 Å². The van der Waals surface area contributed by atoms with Gasteiger partial charge in [0.15, 0.2) is 0 Å². The summed E-state index contributed by atoms with van der Waals surface area (Å²) < 4.78 is 0. The Hall–Kier alpha value is -8.98. The van der Waals surface area contributed by atoms with Crippen LogP contribution in [0.1, 0.15) is 90.8 Å². The highest BCUT2D eigenvalue weighted by molar-refractivity contribution is 6.03. The van der Waals surface area contributed by atoms with Crippen molar-refractivity contribution < 1.29 is 0 Å². The zero-order valence-corrected chi connectivity index (χ0v) is 44.3. The largest absolute Gasteiger partial charge is 0.310 e. The van der Waals surface area contributed by atoms with Crippen LogP contribution in [0.4, 0.5) is 34.1 Å². The first-order chi connectivity index (χ1) is 38.5. The van der Waals surface area contributed by atoms with E-state index in [2.05, 4.69) is 285 Å². The fourth-order valence-corrected chi connectivity index (χ4v) is 14.5. The monoisotopic (exact) mass is 1000 g/mol. The average Bonchev–Trinajstić information content (AvgIpc) is 4.22. The molecule has 0 heterocycles. The number of anilines is 6. The van der Waals surface area contributed by atoms with Crippen molar-refractivity contribution in [1.82, 2.24) is 0 Å². The lowest BCUT2D eigenvalue weighted by Gasteiger charge is -2.35. The molecule has 0 bridgehead atoms. The second-order valence-corrected chi connectivity index (χ2v) is 22.6. The zero-order valence-electron chi connectivity index (χ0n) is 44.3. The molecule has 11 aromatic rings. The summed E-state index contributed by atoms with van der Waals surface area (Å²) in [5.74, 6) is 0.580. The lowest BCUT2D eigenvalue weighted by molar-refractivity contribution is 0.444. The van der Waals surface area contributed by atoms with E-state index in [1.54, 1.807) is 0 Å². The van der Waals surface area contributed by atoms with Gasteiger partial charge >= 0.3 is 0 Å². The van der Waals surface area contributed by atoms with Gasteiger partial charge in [0.05, 0.1) is 16.8 Å². The van der Waals surface area contributed by atoms with Crippen LogP contribution in [0.5, 0.6) is 0 Å². The quantitative estimate of drug-likeness (QED) is 0.142. The van der Waals surface area contributed by atoms with Gasteiger partial charge in [-0.2, -0.15) is 0 Å². The molecule has 0 aromatic heterocycles. The molecular weight excluding hydrogens is 941 g/mol. The first-order valence-electron chi connectivity index (χ1n) is 28.2. The highest BCUT2D eigenvalue weighted by atomic mass is 15.2. The van der Waals surface area contributed by atoms with Crippen LogP contribution in [0, 0.1) is 0 Å². The smallest absolute Gasteiger partial charge is 0.0727 e. The first kappa shape index (κ1) is 46.3. The second kappa shape index (κ2) is 18.4. The number of hydrogen-bond acceptors (Lipinski definition) is 2. The Morgan fingerprint density at radius 3 is 1.27 bits per heavy atom. The van der Waals surface area contributed by atoms with Gasteiger partial charge in [-0.15, -0.1) is 0 Å². The summed E-state index contributed by atoms with van der Waals surface area (Å²) in [5.41, 5.74) is 28.0. The van der Waals surface area contributed by atoms with Crippen LogP contribution >= 0.6 is 0 Å². The van der Waals surface area contributed by atoms with Crippen molar-refractivity contribution in [2.45, 2.75) is 62.7 Å². The Kier molecular flexibility index (Phi) is 10.9. The van der Waals surface area contributed by atoms with Crippen LogP contribution in [-0.4, -0.2) is 0 Å². The lowest BCUT2D eigenvalue weighted by atomic mass is 9.70. The number of nitrogens with zero attached hydrogens (tertiary/aromatic N) is 2. The van der Waals surface area contributed by atoms with E-state index in [-0.39, 0.29) is 5.41 Å². The maximum atomic E-state index is 2.60. The van der Waals surface area contributed by atoms with Crippen molar-refractivity contribution in [3.05, 3.63) is 300 Å². The van der Waals surface area contributed by atoms with Crippen LogP contribution in [0.3, 0.4) is 0 Å². The predicted octanol–water partition coefficient (Wildman–Crippen LogP) is 20.7. The molecule has 4 aliphatic carbocycles. The molecule has 1 saturated carbocycles. The van der Waals surface area contributed by atoms with Gasteiger partial charge < -0.3 is 9.80 Å². The third-order valence-corrected chi connectivity index (χ3v) is 18.0. The van der Waals surface area contributed by atoms with Crippen molar-refractivity contribution in [2.75, 3.05) is 9.80 Å². The van der Waals surface area contributed by atoms with Crippen LogP contribution in [0.2, 0.25) is 0 Å². The normalized spacial score (nSPS) is 16.2. The minimum atomic E-state index is -0.665. The van der Waals surface area contributed by atoms with Gasteiger partial charge in [-0.3, -0.25) is 0 Å². The van der Waals surface area contributed by atoms with E-state index in [9.17, 15) is 0 Å². The summed E-state index contributed by atoms with van der Waals surface area (Å²) >= 11 is 0. The summed E-state index contributed by atoms with van der Waals surface area (Å²) in [6, 6.07) is 98.8. The maximum Gasteiger partial charge on any atom is 0.0727 e. The summed E-state index contributed by atoms with van der Waals surface area (Å²) in [5, 5.41) is 0. The third kappa shape index (κ3) is 7.09. The van der Waals surface area contributed by atoms with Crippen LogP contribution < -0.4 is 9.80 Å². The molecule has 0 N–H and O–H groups in total. The molecule has 78 heavy (non-hydrogen) atoms. The molecule has 0 aliphatic heterocycles. The molecule has 374 valence electrons. The fourth-order valence-electron chi connectivity index (χ4n) is 14.5. The van der Waals surface area contributed by atoms with E-state index in [1.807, 2.05) is 0 Å². The first-order valence-corrected chi connectivity index (χ1v) is 28.2.